The monoisotopic (exact) mass is 398 g/mol. The number of carbonyl (C=O) groups excluding carboxylic acids is 1. The van der Waals surface area contributed by atoms with Gasteiger partial charge in [0.2, 0.25) is 5.91 Å². The number of nitrogens with two attached hydrogens (primary N) is 1. The van der Waals surface area contributed by atoms with E-state index in [-0.39, 0.29) is 5.75 Å². The second-order valence-corrected chi connectivity index (χ2v) is 6.87. The molecule has 148 valence electrons. The number of aromatic nitrogens is 1. The predicted octanol–water partition coefficient (Wildman–Crippen LogP) is 5.15. The zero-order valence-corrected chi connectivity index (χ0v) is 15.5. The van der Waals surface area contributed by atoms with Crippen molar-refractivity contribution < 1.29 is 22.7 Å². The van der Waals surface area contributed by atoms with Crippen LogP contribution in [0.3, 0.4) is 0 Å². The second kappa shape index (κ2) is 6.84. The molecule has 0 aliphatic carbocycles. The van der Waals surface area contributed by atoms with Gasteiger partial charge in [0.15, 0.2) is 0 Å². The first-order valence-electron chi connectivity index (χ1n) is 8.89. The van der Waals surface area contributed by atoms with Crippen LogP contribution in [0.15, 0.2) is 60.7 Å². The fourth-order valence-corrected chi connectivity index (χ4v) is 3.65. The van der Waals surface area contributed by atoms with E-state index < -0.39 is 12.3 Å². The molecular formula is C22H17F3N2O2. The number of amides is 1. The molecule has 0 bridgehead atoms. The Bertz CT molecular complexity index is 1240. The number of primary amides is 1. The molecule has 0 aliphatic rings. The van der Waals surface area contributed by atoms with Crippen LogP contribution in [0, 0.1) is 6.92 Å². The Morgan fingerprint density at radius 2 is 1.79 bits per heavy atom. The van der Waals surface area contributed by atoms with Gasteiger partial charge in [0, 0.05) is 28.4 Å². The third-order valence-corrected chi connectivity index (χ3v) is 4.78. The third kappa shape index (κ3) is 3.63. The van der Waals surface area contributed by atoms with Gasteiger partial charge in [-0.3, -0.25) is 4.79 Å². The van der Waals surface area contributed by atoms with Crippen LogP contribution in [0.2, 0.25) is 0 Å². The van der Waals surface area contributed by atoms with E-state index in [0.717, 1.165) is 27.4 Å². The van der Waals surface area contributed by atoms with Gasteiger partial charge in [0.05, 0.1) is 5.52 Å². The van der Waals surface area contributed by atoms with Gasteiger partial charge in [-0.2, -0.15) is 0 Å². The van der Waals surface area contributed by atoms with Gasteiger partial charge in [0.1, 0.15) is 5.75 Å². The number of hydrogen-bond donors (Lipinski definition) is 1. The molecule has 7 heteroatoms. The molecular weight excluding hydrogens is 381 g/mol. The summed E-state index contributed by atoms with van der Waals surface area (Å²) in [7, 11) is 0. The molecule has 2 N–H and O–H groups in total. The van der Waals surface area contributed by atoms with Crippen LogP contribution in [-0.2, 0) is 6.54 Å². The van der Waals surface area contributed by atoms with Crippen LogP contribution in [0.1, 0.15) is 21.5 Å². The van der Waals surface area contributed by atoms with Gasteiger partial charge >= 0.3 is 6.36 Å². The quantitative estimate of drug-likeness (QED) is 0.517. The highest BCUT2D eigenvalue weighted by molar-refractivity contribution is 6.17. The van der Waals surface area contributed by atoms with Gasteiger partial charge in [-0.1, -0.05) is 30.3 Å². The van der Waals surface area contributed by atoms with Gasteiger partial charge in [-0.15, -0.1) is 13.2 Å². The van der Waals surface area contributed by atoms with Crippen molar-refractivity contribution in [1.29, 1.82) is 0 Å². The van der Waals surface area contributed by atoms with Gasteiger partial charge in [0.25, 0.3) is 0 Å². The summed E-state index contributed by atoms with van der Waals surface area (Å²) in [4.78, 5) is 12.0. The highest BCUT2D eigenvalue weighted by atomic mass is 19.4. The molecule has 0 radical (unpaired) electrons. The number of aryl methyl sites for hydroxylation is 1. The van der Waals surface area contributed by atoms with Crippen LogP contribution >= 0.6 is 0 Å². The molecule has 29 heavy (non-hydrogen) atoms. The number of rotatable bonds is 4. The Balaban J connectivity index is 1.90. The van der Waals surface area contributed by atoms with Crippen LogP contribution in [0.25, 0.3) is 21.8 Å². The first kappa shape index (κ1) is 18.9. The molecule has 0 saturated heterocycles. The number of alkyl halides is 3. The normalized spacial score (nSPS) is 11.9. The lowest BCUT2D eigenvalue weighted by Crippen LogP contribution is -2.17. The van der Waals surface area contributed by atoms with E-state index in [1.54, 1.807) is 18.2 Å². The van der Waals surface area contributed by atoms with Gasteiger partial charge in [-0.25, -0.2) is 0 Å². The molecule has 1 heterocycles. The zero-order chi connectivity index (χ0) is 20.8. The number of nitrogens with zero attached hydrogens (tertiary/aromatic N) is 1. The Labute approximate surface area is 164 Å². The van der Waals surface area contributed by atoms with Gasteiger partial charge < -0.3 is 15.0 Å². The predicted molar refractivity (Wildman–Crippen MR) is 105 cm³/mol. The van der Waals surface area contributed by atoms with Gasteiger partial charge in [-0.05, 0) is 48.4 Å². The number of hydrogen-bond acceptors (Lipinski definition) is 2. The fourth-order valence-electron chi connectivity index (χ4n) is 3.65. The summed E-state index contributed by atoms with van der Waals surface area (Å²) < 4.78 is 43.7. The average molecular weight is 398 g/mol. The van der Waals surface area contributed by atoms with Crippen molar-refractivity contribution in [2.75, 3.05) is 0 Å². The molecule has 1 aromatic heterocycles. The maximum Gasteiger partial charge on any atom is 0.573 e. The van der Waals surface area contributed by atoms with Crippen molar-refractivity contribution >= 4 is 27.7 Å². The van der Waals surface area contributed by atoms with Crippen LogP contribution in [0.4, 0.5) is 13.2 Å². The Kier molecular flexibility index (Phi) is 4.45. The molecule has 0 atom stereocenters. The largest absolute Gasteiger partial charge is 0.573 e. The molecule has 0 unspecified atom stereocenters. The summed E-state index contributed by atoms with van der Waals surface area (Å²) >= 11 is 0. The lowest BCUT2D eigenvalue weighted by molar-refractivity contribution is -0.274. The fraction of sp³-hybridized carbons (Fsp3) is 0.136. The van der Waals surface area contributed by atoms with Crippen molar-refractivity contribution in [3.05, 3.63) is 77.4 Å². The minimum absolute atomic E-state index is 0.273. The van der Waals surface area contributed by atoms with E-state index in [2.05, 4.69) is 4.74 Å². The van der Waals surface area contributed by atoms with Crippen LogP contribution < -0.4 is 10.5 Å². The topological polar surface area (TPSA) is 57.2 Å². The van der Waals surface area contributed by atoms with Crippen molar-refractivity contribution in [3.8, 4) is 5.75 Å². The van der Waals surface area contributed by atoms with E-state index in [0.29, 0.717) is 17.7 Å². The van der Waals surface area contributed by atoms with Crippen molar-refractivity contribution in [2.24, 2.45) is 5.73 Å². The molecule has 4 nitrogen and oxygen atoms in total. The number of halogens is 3. The molecule has 4 rings (SSSR count). The first-order valence-corrected chi connectivity index (χ1v) is 8.89. The number of ether oxygens (including phenoxy) is 1. The molecule has 0 fully saturated rings. The maximum absolute atomic E-state index is 12.6. The first-order chi connectivity index (χ1) is 13.7. The van der Waals surface area contributed by atoms with E-state index in [9.17, 15) is 18.0 Å². The van der Waals surface area contributed by atoms with E-state index in [1.165, 1.54) is 18.2 Å². The number of benzene rings is 3. The Hall–Kier alpha value is -3.48. The molecule has 0 aliphatic heterocycles. The van der Waals surface area contributed by atoms with Crippen molar-refractivity contribution in [1.82, 2.24) is 4.57 Å². The highest BCUT2D eigenvalue weighted by Gasteiger charge is 2.31. The molecule has 4 aromatic rings. The lowest BCUT2D eigenvalue weighted by atomic mass is 10.1. The van der Waals surface area contributed by atoms with E-state index in [4.69, 9.17) is 5.73 Å². The highest BCUT2D eigenvalue weighted by Crippen LogP contribution is 2.33. The summed E-state index contributed by atoms with van der Waals surface area (Å²) in [6.07, 6.45) is -4.75. The van der Waals surface area contributed by atoms with Crippen molar-refractivity contribution in [3.63, 3.8) is 0 Å². The third-order valence-electron chi connectivity index (χ3n) is 4.78. The standard InChI is InChI=1S/C22H17F3N2O2/c1-13-8-9-16-19(10-13)27(18-7-3-6-17(20(16)18)21(26)28)12-14-4-2-5-15(11-14)29-22(23,24)25/h2-11H,12H2,1H3,(H2,26,28). The minimum atomic E-state index is -4.75. The Morgan fingerprint density at radius 3 is 2.52 bits per heavy atom. The molecule has 0 saturated carbocycles. The summed E-state index contributed by atoms with van der Waals surface area (Å²) in [5.41, 5.74) is 9.29. The maximum atomic E-state index is 12.6. The second-order valence-electron chi connectivity index (χ2n) is 6.87. The summed E-state index contributed by atoms with van der Waals surface area (Å²) in [5.74, 6) is -0.805. The van der Waals surface area contributed by atoms with E-state index >= 15 is 0 Å². The SMILES string of the molecule is Cc1ccc2c3c(C(N)=O)cccc3n(Cc3cccc(OC(F)(F)F)c3)c2c1. The molecule has 3 aromatic carbocycles. The number of carbonyl (C=O) groups is 1. The Morgan fingerprint density at radius 1 is 1.03 bits per heavy atom. The summed E-state index contributed by atoms with van der Waals surface area (Å²) in [5, 5.41) is 1.60. The minimum Gasteiger partial charge on any atom is -0.406 e. The van der Waals surface area contributed by atoms with E-state index in [1.807, 2.05) is 35.8 Å². The molecule has 0 spiro atoms. The lowest BCUT2D eigenvalue weighted by Gasteiger charge is -2.12. The zero-order valence-electron chi connectivity index (χ0n) is 15.5. The number of fused-ring (bicyclic) bond motifs is 3. The average Bonchev–Trinajstić information content (AvgIpc) is 2.94. The smallest absolute Gasteiger partial charge is 0.406 e. The summed E-state index contributed by atoms with van der Waals surface area (Å²) in [6, 6.07) is 17.0. The van der Waals surface area contributed by atoms with Crippen LogP contribution in [-0.4, -0.2) is 16.8 Å². The van der Waals surface area contributed by atoms with Crippen molar-refractivity contribution in [2.45, 2.75) is 19.8 Å². The summed E-state index contributed by atoms with van der Waals surface area (Å²) in [6.45, 7) is 2.26. The van der Waals surface area contributed by atoms with Crippen LogP contribution in [0.5, 0.6) is 5.75 Å². The molecule has 1 amide bonds.